The highest BCUT2D eigenvalue weighted by Crippen LogP contribution is 2.15. The van der Waals surface area contributed by atoms with Crippen molar-refractivity contribution in [1.82, 2.24) is 5.32 Å². The summed E-state index contributed by atoms with van der Waals surface area (Å²) in [6.45, 7) is 4.28. The van der Waals surface area contributed by atoms with Gasteiger partial charge in [0, 0.05) is 18.0 Å². The molecule has 15 heavy (non-hydrogen) atoms. The van der Waals surface area contributed by atoms with Crippen LogP contribution in [0.2, 0.25) is 0 Å². The fourth-order valence-electron chi connectivity index (χ4n) is 1.52. The second-order valence-corrected chi connectivity index (χ2v) is 6.01. The van der Waals surface area contributed by atoms with Gasteiger partial charge in [0.15, 0.2) is 9.84 Å². The van der Waals surface area contributed by atoms with Crippen molar-refractivity contribution in [2.75, 3.05) is 12.3 Å². The fourth-order valence-corrected chi connectivity index (χ4v) is 2.79. The molecule has 88 valence electrons. The molecule has 5 heteroatoms. The highest BCUT2D eigenvalue weighted by Gasteiger charge is 2.26. The molecule has 1 heterocycles. The molecule has 0 amide bonds. The van der Waals surface area contributed by atoms with Gasteiger partial charge in [0.05, 0.1) is 11.4 Å². The third kappa shape index (κ3) is 3.59. The monoisotopic (exact) mass is 233 g/mol. The summed E-state index contributed by atoms with van der Waals surface area (Å²) in [7, 11) is -3.00. The average Bonchev–Trinajstić information content (AvgIpc) is 2.55. The Balaban J connectivity index is 2.43. The maximum Gasteiger partial charge on any atom is 0.173 e. The van der Waals surface area contributed by atoms with Crippen molar-refractivity contribution in [3.05, 3.63) is 11.5 Å². The fraction of sp³-hybridized carbons (Fsp3) is 0.800. The molecule has 0 aromatic carbocycles. The average molecular weight is 233 g/mol. The van der Waals surface area contributed by atoms with Crippen molar-refractivity contribution in [2.24, 2.45) is 0 Å². The summed E-state index contributed by atoms with van der Waals surface area (Å²) in [6.07, 6.45) is 2.97. The van der Waals surface area contributed by atoms with Crippen LogP contribution in [0.5, 0.6) is 0 Å². The third-order valence-corrected chi connectivity index (χ3v) is 4.34. The molecule has 0 saturated carbocycles. The SMILES string of the molecule is CCC(O)(CC)CNC1C=CS(=O)(=O)C1. The van der Waals surface area contributed by atoms with Gasteiger partial charge in [-0.05, 0) is 12.8 Å². The van der Waals surface area contributed by atoms with Crippen LogP contribution in [0, 0.1) is 0 Å². The molecular formula is C10H19NO3S. The summed E-state index contributed by atoms with van der Waals surface area (Å²) in [5.41, 5.74) is -0.722. The zero-order valence-electron chi connectivity index (χ0n) is 9.23. The molecule has 1 aliphatic rings. The predicted molar refractivity (Wildman–Crippen MR) is 60.2 cm³/mol. The molecular weight excluding hydrogens is 214 g/mol. The summed E-state index contributed by atoms with van der Waals surface area (Å²) in [5, 5.41) is 14.3. The number of nitrogens with one attached hydrogen (secondary N) is 1. The van der Waals surface area contributed by atoms with E-state index >= 15 is 0 Å². The van der Waals surface area contributed by atoms with Gasteiger partial charge >= 0.3 is 0 Å². The van der Waals surface area contributed by atoms with Gasteiger partial charge in [0.25, 0.3) is 0 Å². The van der Waals surface area contributed by atoms with Gasteiger partial charge in [0.2, 0.25) is 0 Å². The Hall–Kier alpha value is -0.390. The number of sulfone groups is 1. The molecule has 1 unspecified atom stereocenters. The van der Waals surface area contributed by atoms with E-state index in [1.165, 1.54) is 5.41 Å². The van der Waals surface area contributed by atoms with Crippen LogP contribution in [-0.4, -0.2) is 37.5 Å². The maximum atomic E-state index is 11.1. The summed E-state index contributed by atoms with van der Waals surface area (Å²) in [4.78, 5) is 0. The van der Waals surface area contributed by atoms with Crippen LogP contribution < -0.4 is 5.32 Å². The van der Waals surface area contributed by atoms with E-state index in [4.69, 9.17) is 0 Å². The zero-order valence-corrected chi connectivity index (χ0v) is 10.0. The Morgan fingerprint density at radius 2 is 2.07 bits per heavy atom. The second kappa shape index (κ2) is 4.63. The normalized spacial score (nSPS) is 24.6. The Morgan fingerprint density at radius 1 is 1.47 bits per heavy atom. The lowest BCUT2D eigenvalue weighted by atomic mass is 9.97. The molecule has 0 saturated heterocycles. The van der Waals surface area contributed by atoms with Crippen LogP contribution in [0.4, 0.5) is 0 Å². The Kier molecular flexibility index (Phi) is 3.92. The first-order valence-corrected chi connectivity index (χ1v) is 6.99. The lowest BCUT2D eigenvalue weighted by Gasteiger charge is -2.26. The molecule has 2 N–H and O–H groups in total. The third-order valence-electron chi connectivity index (χ3n) is 2.94. The Bertz CT molecular complexity index is 331. The van der Waals surface area contributed by atoms with E-state index in [9.17, 15) is 13.5 Å². The number of aliphatic hydroxyl groups is 1. The van der Waals surface area contributed by atoms with Crippen LogP contribution in [0.3, 0.4) is 0 Å². The van der Waals surface area contributed by atoms with E-state index in [0.717, 1.165) is 0 Å². The first-order chi connectivity index (χ1) is 6.91. The molecule has 0 aliphatic carbocycles. The van der Waals surface area contributed by atoms with E-state index in [1.807, 2.05) is 13.8 Å². The molecule has 1 aliphatic heterocycles. The quantitative estimate of drug-likeness (QED) is 0.723. The summed E-state index contributed by atoms with van der Waals surface area (Å²) in [5.74, 6) is 0.108. The molecule has 0 spiro atoms. The minimum absolute atomic E-state index is 0.108. The van der Waals surface area contributed by atoms with Gasteiger partial charge in [-0.25, -0.2) is 8.42 Å². The molecule has 0 aromatic rings. The first kappa shape index (κ1) is 12.7. The van der Waals surface area contributed by atoms with Gasteiger partial charge < -0.3 is 10.4 Å². The summed E-state index contributed by atoms with van der Waals surface area (Å²) < 4.78 is 22.2. The Labute approximate surface area is 91.3 Å². The first-order valence-electron chi connectivity index (χ1n) is 5.27. The van der Waals surface area contributed by atoms with Crippen molar-refractivity contribution < 1.29 is 13.5 Å². The standard InChI is InChI=1S/C10H19NO3S/c1-3-10(12,4-2)8-11-9-5-6-15(13,14)7-9/h5-6,9,11-12H,3-4,7-8H2,1-2H3. The molecule has 0 radical (unpaired) electrons. The predicted octanol–water partition coefficient (Wildman–Crippen LogP) is 0.438. The lowest BCUT2D eigenvalue weighted by molar-refractivity contribution is 0.0316. The molecule has 1 atom stereocenters. The van der Waals surface area contributed by atoms with Crippen molar-refractivity contribution in [3.8, 4) is 0 Å². The highest BCUT2D eigenvalue weighted by atomic mass is 32.2. The van der Waals surface area contributed by atoms with Crippen molar-refractivity contribution in [1.29, 1.82) is 0 Å². The van der Waals surface area contributed by atoms with Crippen LogP contribution in [-0.2, 0) is 9.84 Å². The van der Waals surface area contributed by atoms with Gasteiger partial charge in [-0.15, -0.1) is 0 Å². The van der Waals surface area contributed by atoms with Crippen molar-refractivity contribution in [2.45, 2.75) is 38.3 Å². The van der Waals surface area contributed by atoms with E-state index in [0.29, 0.717) is 19.4 Å². The smallest absolute Gasteiger partial charge is 0.173 e. The second-order valence-electron chi connectivity index (χ2n) is 4.08. The van der Waals surface area contributed by atoms with E-state index in [1.54, 1.807) is 6.08 Å². The van der Waals surface area contributed by atoms with Gasteiger partial charge in [-0.3, -0.25) is 0 Å². The Morgan fingerprint density at radius 3 is 2.47 bits per heavy atom. The topological polar surface area (TPSA) is 66.4 Å². The number of hydrogen-bond donors (Lipinski definition) is 2. The largest absolute Gasteiger partial charge is 0.389 e. The van der Waals surface area contributed by atoms with Crippen LogP contribution in [0.1, 0.15) is 26.7 Å². The zero-order chi connectivity index (χ0) is 11.5. The molecule has 0 fully saturated rings. The molecule has 1 rings (SSSR count). The van der Waals surface area contributed by atoms with Crippen molar-refractivity contribution >= 4 is 9.84 Å². The summed E-state index contributed by atoms with van der Waals surface area (Å²) >= 11 is 0. The van der Waals surface area contributed by atoms with Crippen LogP contribution >= 0.6 is 0 Å². The maximum absolute atomic E-state index is 11.1. The van der Waals surface area contributed by atoms with E-state index in [-0.39, 0.29) is 11.8 Å². The van der Waals surface area contributed by atoms with Gasteiger partial charge in [0.1, 0.15) is 0 Å². The van der Waals surface area contributed by atoms with Crippen LogP contribution in [0.25, 0.3) is 0 Å². The molecule has 0 aromatic heterocycles. The van der Waals surface area contributed by atoms with Gasteiger partial charge in [-0.2, -0.15) is 0 Å². The lowest BCUT2D eigenvalue weighted by Crippen LogP contribution is -2.44. The molecule has 0 bridgehead atoms. The van der Waals surface area contributed by atoms with Crippen LogP contribution in [0.15, 0.2) is 11.5 Å². The number of hydrogen-bond acceptors (Lipinski definition) is 4. The number of rotatable bonds is 5. The summed E-state index contributed by atoms with van der Waals surface area (Å²) in [6, 6.07) is -0.153. The minimum atomic E-state index is -3.00. The minimum Gasteiger partial charge on any atom is -0.389 e. The molecule has 4 nitrogen and oxygen atoms in total. The van der Waals surface area contributed by atoms with E-state index in [2.05, 4.69) is 5.32 Å². The van der Waals surface area contributed by atoms with Gasteiger partial charge in [-0.1, -0.05) is 19.9 Å². The van der Waals surface area contributed by atoms with Crippen molar-refractivity contribution in [3.63, 3.8) is 0 Å². The highest BCUT2D eigenvalue weighted by molar-refractivity contribution is 7.94. The van der Waals surface area contributed by atoms with E-state index < -0.39 is 15.4 Å².